The standard InChI is InChI=1S/C20H26N6O/c1-3-6-18-23-16-7-4-5-8-17(16)26(18)14(2)20(27)25-11-9-15(10-12-25)19-21-13-22-24-19/h4-5,7-8,13-15H,3,6,9-12H2,1-2H3,(H,21,22,24). The quantitative estimate of drug-likeness (QED) is 0.752. The molecule has 1 saturated heterocycles. The summed E-state index contributed by atoms with van der Waals surface area (Å²) in [5.74, 6) is 2.46. The number of imidazole rings is 1. The van der Waals surface area contributed by atoms with Gasteiger partial charge in [0.1, 0.15) is 24.0 Å². The highest BCUT2D eigenvalue weighted by molar-refractivity contribution is 5.84. The molecule has 1 atom stereocenters. The minimum absolute atomic E-state index is 0.173. The molecule has 1 amide bonds. The number of carbonyl (C=O) groups excluding carboxylic acids is 1. The number of para-hydroxylation sites is 2. The number of amides is 1. The third-order valence-electron chi connectivity index (χ3n) is 5.51. The van der Waals surface area contributed by atoms with Crippen LogP contribution in [0.2, 0.25) is 0 Å². The lowest BCUT2D eigenvalue weighted by Crippen LogP contribution is -2.41. The summed E-state index contributed by atoms with van der Waals surface area (Å²) >= 11 is 0. The highest BCUT2D eigenvalue weighted by atomic mass is 16.2. The SMILES string of the molecule is CCCc1nc2ccccc2n1C(C)C(=O)N1CCC(c2ncn[nH]2)CC1. The zero-order chi connectivity index (χ0) is 18.8. The number of carbonyl (C=O) groups is 1. The van der Waals surface area contributed by atoms with Gasteiger partial charge in [-0.25, -0.2) is 9.97 Å². The Balaban J connectivity index is 1.53. The van der Waals surface area contributed by atoms with E-state index in [1.165, 1.54) is 0 Å². The lowest BCUT2D eigenvalue weighted by molar-refractivity contribution is -0.135. The van der Waals surface area contributed by atoms with Crippen molar-refractivity contribution in [3.63, 3.8) is 0 Å². The van der Waals surface area contributed by atoms with Gasteiger partial charge in [-0.3, -0.25) is 9.89 Å². The number of hydrogen-bond acceptors (Lipinski definition) is 4. The van der Waals surface area contributed by atoms with Crippen LogP contribution in [0, 0.1) is 0 Å². The Morgan fingerprint density at radius 2 is 2.07 bits per heavy atom. The van der Waals surface area contributed by atoms with Crippen molar-refractivity contribution in [3.05, 3.63) is 42.2 Å². The number of fused-ring (bicyclic) bond motifs is 1. The third-order valence-corrected chi connectivity index (χ3v) is 5.51. The van der Waals surface area contributed by atoms with E-state index in [-0.39, 0.29) is 11.9 Å². The van der Waals surface area contributed by atoms with Crippen LogP contribution in [0.1, 0.15) is 56.7 Å². The molecule has 1 aliphatic rings. The minimum Gasteiger partial charge on any atom is -0.341 e. The average Bonchev–Trinajstić information content (AvgIpc) is 3.35. The summed E-state index contributed by atoms with van der Waals surface area (Å²) in [4.78, 5) is 24.3. The van der Waals surface area contributed by atoms with Crippen LogP contribution < -0.4 is 0 Å². The molecule has 0 radical (unpaired) electrons. The number of aromatic amines is 1. The predicted octanol–water partition coefficient (Wildman–Crippen LogP) is 3.07. The van der Waals surface area contributed by atoms with Crippen molar-refractivity contribution in [2.24, 2.45) is 0 Å². The van der Waals surface area contributed by atoms with Crippen molar-refractivity contribution >= 4 is 16.9 Å². The highest BCUT2D eigenvalue weighted by Crippen LogP contribution is 2.28. The number of aryl methyl sites for hydroxylation is 1. The maximum absolute atomic E-state index is 13.2. The first-order valence-corrected chi connectivity index (χ1v) is 9.79. The normalized spacial score (nSPS) is 16.7. The molecule has 1 aromatic carbocycles. The molecule has 1 N–H and O–H groups in total. The van der Waals surface area contributed by atoms with Crippen LogP contribution in [0.25, 0.3) is 11.0 Å². The summed E-state index contributed by atoms with van der Waals surface area (Å²) in [6.45, 7) is 5.65. The highest BCUT2D eigenvalue weighted by Gasteiger charge is 2.30. The molecule has 0 spiro atoms. The van der Waals surface area contributed by atoms with Crippen molar-refractivity contribution in [3.8, 4) is 0 Å². The lowest BCUT2D eigenvalue weighted by atomic mass is 9.96. The Labute approximate surface area is 158 Å². The number of nitrogens with zero attached hydrogens (tertiary/aromatic N) is 5. The molecule has 1 fully saturated rings. The molecule has 0 saturated carbocycles. The molecule has 3 heterocycles. The second-order valence-corrected chi connectivity index (χ2v) is 7.28. The van der Waals surface area contributed by atoms with Crippen LogP contribution in [-0.4, -0.2) is 48.6 Å². The fourth-order valence-electron chi connectivity index (χ4n) is 4.09. The molecule has 2 aromatic heterocycles. The molecule has 27 heavy (non-hydrogen) atoms. The maximum atomic E-state index is 13.2. The fourth-order valence-corrected chi connectivity index (χ4v) is 4.09. The maximum Gasteiger partial charge on any atom is 0.245 e. The molecule has 1 unspecified atom stereocenters. The number of H-pyrrole nitrogens is 1. The van der Waals surface area contributed by atoms with E-state index in [2.05, 4.69) is 32.7 Å². The molecular formula is C20H26N6O. The number of rotatable bonds is 5. The zero-order valence-electron chi connectivity index (χ0n) is 15.9. The van der Waals surface area contributed by atoms with Gasteiger partial charge in [-0.05, 0) is 38.3 Å². The molecule has 142 valence electrons. The first-order chi connectivity index (χ1) is 13.2. The molecule has 1 aliphatic heterocycles. The number of nitrogens with one attached hydrogen (secondary N) is 1. The third kappa shape index (κ3) is 3.34. The summed E-state index contributed by atoms with van der Waals surface area (Å²) in [7, 11) is 0. The molecular weight excluding hydrogens is 340 g/mol. The van der Waals surface area contributed by atoms with Crippen molar-refractivity contribution in [1.29, 1.82) is 0 Å². The van der Waals surface area contributed by atoms with E-state index >= 15 is 0 Å². The van der Waals surface area contributed by atoms with Crippen LogP contribution in [-0.2, 0) is 11.2 Å². The predicted molar refractivity (Wildman–Crippen MR) is 103 cm³/mol. The van der Waals surface area contributed by atoms with E-state index in [4.69, 9.17) is 4.98 Å². The van der Waals surface area contributed by atoms with E-state index in [1.807, 2.05) is 30.0 Å². The molecule has 7 nitrogen and oxygen atoms in total. The Morgan fingerprint density at radius 3 is 2.78 bits per heavy atom. The van der Waals surface area contributed by atoms with Crippen LogP contribution >= 0.6 is 0 Å². The van der Waals surface area contributed by atoms with Crippen LogP contribution in [0.4, 0.5) is 0 Å². The van der Waals surface area contributed by atoms with E-state index in [9.17, 15) is 4.79 Å². The Kier molecular flexibility index (Phi) is 4.92. The van der Waals surface area contributed by atoms with Crippen LogP contribution in [0.5, 0.6) is 0 Å². The Bertz CT molecular complexity index is 908. The summed E-state index contributed by atoms with van der Waals surface area (Å²) < 4.78 is 2.13. The largest absolute Gasteiger partial charge is 0.341 e. The van der Waals surface area contributed by atoms with Gasteiger partial charge in [-0.1, -0.05) is 19.1 Å². The van der Waals surface area contributed by atoms with E-state index < -0.39 is 0 Å². The smallest absolute Gasteiger partial charge is 0.245 e. The molecule has 4 rings (SSSR count). The van der Waals surface area contributed by atoms with Crippen molar-refractivity contribution in [2.75, 3.05) is 13.1 Å². The monoisotopic (exact) mass is 366 g/mol. The molecule has 7 heteroatoms. The Morgan fingerprint density at radius 1 is 1.30 bits per heavy atom. The summed E-state index contributed by atoms with van der Waals surface area (Å²) in [6.07, 6.45) is 5.27. The number of aromatic nitrogens is 5. The summed E-state index contributed by atoms with van der Waals surface area (Å²) in [6, 6.07) is 7.83. The number of likely N-dealkylation sites (tertiary alicyclic amines) is 1. The molecule has 3 aromatic rings. The fraction of sp³-hybridized carbons (Fsp3) is 0.500. The van der Waals surface area contributed by atoms with Gasteiger partial charge < -0.3 is 9.47 Å². The average molecular weight is 366 g/mol. The van der Waals surface area contributed by atoms with Crippen molar-refractivity contribution in [2.45, 2.75) is 51.5 Å². The zero-order valence-corrected chi connectivity index (χ0v) is 15.9. The van der Waals surface area contributed by atoms with Gasteiger partial charge in [-0.15, -0.1) is 0 Å². The van der Waals surface area contributed by atoms with Gasteiger partial charge in [0, 0.05) is 25.4 Å². The minimum atomic E-state index is -0.249. The first kappa shape index (κ1) is 17.7. The number of benzene rings is 1. The van der Waals surface area contributed by atoms with E-state index in [1.54, 1.807) is 6.33 Å². The Hall–Kier alpha value is -2.70. The van der Waals surface area contributed by atoms with Gasteiger partial charge in [0.2, 0.25) is 5.91 Å². The van der Waals surface area contributed by atoms with Crippen LogP contribution in [0.3, 0.4) is 0 Å². The summed E-state index contributed by atoms with van der Waals surface area (Å²) in [5.41, 5.74) is 2.00. The van der Waals surface area contributed by atoms with Crippen LogP contribution in [0.15, 0.2) is 30.6 Å². The van der Waals surface area contributed by atoms with Gasteiger partial charge in [0.15, 0.2) is 0 Å². The first-order valence-electron chi connectivity index (χ1n) is 9.79. The topological polar surface area (TPSA) is 79.7 Å². The second-order valence-electron chi connectivity index (χ2n) is 7.28. The van der Waals surface area contributed by atoms with Gasteiger partial charge in [-0.2, -0.15) is 5.10 Å². The molecule has 0 aliphatic carbocycles. The summed E-state index contributed by atoms with van der Waals surface area (Å²) in [5, 5.41) is 6.90. The molecule has 0 bridgehead atoms. The van der Waals surface area contributed by atoms with Crippen molar-refractivity contribution in [1.82, 2.24) is 29.6 Å². The van der Waals surface area contributed by atoms with Gasteiger partial charge in [0.25, 0.3) is 0 Å². The van der Waals surface area contributed by atoms with Crippen molar-refractivity contribution < 1.29 is 4.79 Å². The second kappa shape index (κ2) is 7.50. The number of hydrogen-bond donors (Lipinski definition) is 1. The lowest BCUT2D eigenvalue weighted by Gasteiger charge is -2.33. The number of piperidine rings is 1. The van der Waals surface area contributed by atoms with Gasteiger partial charge >= 0.3 is 0 Å². The van der Waals surface area contributed by atoms with Gasteiger partial charge in [0.05, 0.1) is 11.0 Å². The van der Waals surface area contributed by atoms with E-state index in [0.717, 1.165) is 61.5 Å². The van der Waals surface area contributed by atoms with E-state index in [0.29, 0.717) is 5.92 Å².